The number of carbonyl (C=O) groups is 2. The van der Waals surface area contributed by atoms with Crippen LogP contribution in [-0.2, 0) is 29.8 Å². The third-order valence-corrected chi connectivity index (χ3v) is 5.43. The second-order valence-electron chi connectivity index (χ2n) is 6.11. The van der Waals surface area contributed by atoms with E-state index in [1.807, 2.05) is 0 Å². The van der Waals surface area contributed by atoms with Crippen LogP contribution in [0.5, 0.6) is 0 Å². The average molecular weight is 498 g/mol. The number of hydrogen-bond donors (Lipinski definition) is 2. The number of amides is 2. The van der Waals surface area contributed by atoms with Gasteiger partial charge in [-0.15, -0.1) is 0 Å². The first-order chi connectivity index (χ1) is 13.8. The summed E-state index contributed by atoms with van der Waals surface area (Å²) in [5.41, 5.74) is -0.00769. The Labute approximate surface area is 229 Å². The quantitative estimate of drug-likeness (QED) is 0.228. The predicted octanol–water partition coefficient (Wildman–Crippen LogP) is -4.41. The van der Waals surface area contributed by atoms with Crippen LogP contribution in [0.3, 0.4) is 0 Å². The number of nitrogens with one attached hydrogen (secondary N) is 2. The minimum Gasteiger partial charge on any atom is -0.744 e. The molecule has 0 fully saturated rings. The zero-order valence-corrected chi connectivity index (χ0v) is 23.3. The molecule has 10 nitrogen and oxygen atoms in total. The van der Waals surface area contributed by atoms with E-state index >= 15 is 0 Å². The van der Waals surface area contributed by atoms with E-state index in [4.69, 9.17) is 0 Å². The summed E-state index contributed by atoms with van der Waals surface area (Å²) in [6, 6.07) is 7.11. The average Bonchev–Trinajstić information content (AvgIpc) is 2.58. The molecule has 0 aliphatic rings. The predicted molar refractivity (Wildman–Crippen MR) is 106 cm³/mol. The molecule has 0 bridgehead atoms. The van der Waals surface area contributed by atoms with Gasteiger partial charge in [0.15, 0.2) is 0 Å². The summed E-state index contributed by atoms with van der Waals surface area (Å²) in [4.78, 5) is 21.0. The van der Waals surface area contributed by atoms with E-state index in [-0.39, 0.29) is 81.6 Å². The number of rotatable bonds is 6. The summed E-state index contributed by atoms with van der Waals surface area (Å²) in [5.74, 6) is -0.950. The Morgan fingerprint density at radius 3 is 1.28 bits per heavy atom. The molecular formula is C18H16N2Na2O8S2. The maximum atomic E-state index is 11.6. The van der Waals surface area contributed by atoms with Crippen LogP contribution in [0.15, 0.2) is 46.2 Å². The van der Waals surface area contributed by atoms with Gasteiger partial charge < -0.3 is 19.7 Å². The Morgan fingerprint density at radius 1 is 0.719 bits per heavy atom. The normalized spacial score (nSPS) is 11.2. The van der Waals surface area contributed by atoms with Crippen molar-refractivity contribution in [3.63, 3.8) is 0 Å². The largest absolute Gasteiger partial charge is 1.00 e. The van der Waals surface area contributed by atoms with E-state index in [0.717, 1.165) is 24.3 Å². The van der Waals surface area contributed by atoms with Gasteiger partial charge in [-0.2, -0.15) is 0 Å². The van der Waals surface area contributed by atoms with Gasteiger partial charge in [0.1, 0.15) is 20.2 Å². The first-order valence-corrected chi connectivity index (χ1v) is 11.0. The van der Waals surface area contributed by atoms with Crippen molar-refractivity contribution in [1.29, 1.82) is 0 Å². The molecule has 2 aromatic carbocycles. The zero-order chi connectivity index (χ0) is 22.7. The summed E-state index contributed by atoms with van der Waals surface area (Å²) >= 11 is 0. The number of hydrogen-bond acceptors (Lipinski definition) is 8. The van der Waals surface area contributed by atoms with Gasteiger partial charge in [-0.05, 0) is 35.4 Å². The second-order valence-corrected chi connectivity index (χ2v) is 8.81. The molecule has 2 amide bonds. The SMILES string of the molecule is CC(=O)Nc1ccc(/C=C/c2ccc(NC(C)=O)cc2S(=O)(=O)[O-])c(S(=O)(=O)[O-])c1.[Na+].[Na+]. The molecule has 0 aromatic heterocycles. The molecule has 2 aromatic rings. The molecule has 0 unspecified atom stereocenters. The fourth-order valence-corrected chi connectivity index (χ4v) is 3.91. The first-order valence-electron chi connectivity index (χ1n) is 8.20. The molecule has 0 aliphatic heterocycles. The molecule has 160 valence electrons. The van der Waals surface area contributed by atoms with Gasteiger partial charge in [-0.3, -0.25) is 9.59 Å². The monoisotopic (exact) mass is 498 g/mol. The summed E-state index contributed by atoms with van der Waals surface area (Å²) in [6.45, 7) is 2.41. The Morgan fingerprint density at radius 2 is 1.03 bits per heavy atom. The third kappa shape index (κ3) is 9.06. The first kappa shape index (κ1) is 30.9. The maximum absolute atomic E-state index is 11.6. The molecule has 2 rings (SSSR count). The van der Waals surface area contributed by atoms with E-state index < -0.39 is 41.8 Å². The van der Waals surface area contributed by atoms with E-state index in [9.17, 15) is 35.5 Å². The number of carbonyl (C=O) groups excluding carboxylic acids is 2. The summed E-state index contributed by atoms with van der Waals surface area (Å²) in [7, 11) is -9.87. The van der Waals surface area contributed by atoms with Crippen molar-refractivity contribution < 1.29 is 94.6 Å². The molecule has 0 aliphatic carbocycles. The maximum Gasteiger partial charge on any atom is 1.00 e. The molecule has 14 heteroatoms. The van der Waals surface area contributed by atoms with Crippen LogP contribution < -0.4 is 69.7 Å². The van der Waals surface area contributed by atoms with Gasteiger partial charge in [-0.1, -0.05) is 24.3 Å². The Balaban J connectivity index is 0.00000480. The molecule has 0 atom stereocenters. The third-order valence-electron chi connectivity index (χ3n) is 3.65. The van der Waals surface area contributed by atoms with Gasteiger partial charge in [-0.25, -0.2) is 16.8 Å². The second kappa shape index (κ2) is 12.4. The summed E-state index contributed by atoms with van der Waals surface area (Å²) < 4.78 is 69.5. The van der Waals surface area contributed by atoms with E-state index in [1.54, 1.807) is 0 Å². The molecule has 0 saturated heterocycles. The van der Waals surface area contributed by atoms with Crippen molar-refractivity contribution in [1.82, 2.24) is 0 Å². The topological polar surface area (TPSA) is 173 Å². The minimum atomic E-state index is -4.93. The van der Waals surface area contributed by atoms with Crippen LogP contribution in [0.25, 0.3) is 12.2 Å². The Hall–Kier alpha value is -1.06. The zero-order valence-electron chi connectivity index (χ0n) is 17.7. The van der Waals surface area contributed by atoms with Crippen molar-refractivity contribution in [3.05, 3.63) is 47.5 Å². The standard InChI is InChI=1S/C18H18N2O8S2.2Na/c1-11(21)19-15-7-5-13(17(9-15)29(23,24)25)3-4-14-6-8-16(20-12(2)22)10-18(14)30(26,27)28;;/h3-10H,1-2H3,(H,19,21)(H,20,22)(H,23,24,25)(H,26,27,28);;/q;2*+1/p-2/b4-3+;;. The van der Waals surface area contributed by atoms with Crippen LogP contribution >= 0.6 is 0 Å². The summed E-state index contributed by atoms with van der Waals surface area (Å²) in [6.07, 6.45) is 2.29. The molecular weight excluding hydrogens is 482 g/mol. The van der Waals surface area contributed by atoms with E-state index in [2.05, 4.69) is 10.6 Å². The molecule has 0 heterocycles. The van der Waals surface area contributed by atoms with Crippen molar-refractivity contribution >= 4 is 55.6 Å². The fraction of sp³-hybridized carbons (Fsp3) is 0.111. The Bertz CT molecular complexity index is 1160. The van der Waals surface area contributed by atoms with Gasteiger partial charge in [0.2, 0.25) is 11.8 Å². The number of anilines is 2. The van der Waals surface area contributed by atoms with Gasteiger partial charge in [0, 0.05) is 25.2 Å². The van der Waals surface area contributed by atoms with Crippen LogP contribution in [0.2, 0.25) is 0 Å². The van der Waals surface area contributed by atoms with Crippen LogP contribution in [0, 0.1) is 0 Å². The minimum absolute atomic E-state index is 0. The van der Waals surface area contributed by atoms with Crippen LogP contribution in [0.4, 0.5) is 11.4 Å². The molecule has 0 radical (unpaired) electrons. The van der Waals surface area contributed by atoms with Gasteiger partial charge >= 0.3 is 59.1 Å². The Kier molecular flexibility index (Phi) is 12.0. The molecule has 0 saturated carbocycles. The summed E-state index contributed by atoms with van der Waals surface area (Å²) in [5, 5.41) is 4.70. The molecule has 2 N–H and O–H groups in total. The van der Waals surface area contributed by atoms with Crippen LogP contribution in [0.1, 0.15) is 25.0 Å². The number of benzene rings is 2. The molecule has 32 heavy (non-hydrogen) atoms. The molecule has 0 spiro atoms. The van der Waals surface area contributed by atoms with Gasteiger partial charge in [0.25, 0.3) is 0 Å². The van der Waals surface area contributed by atoms with E-state index in [0.29, 0.717) is 0 Å². The fourth-order valence-electron chi connectivity index (χ4n) is 2.52. The van der Waals surface area contributed by atoms with Crippen molar-refractivity contribution in [2.75, 3.05) is 10.6 Å². The van der Waals surface area contributed by atoms with Crippen molar-refractivity contribution in [2.24, 2.45) is 0 Å². The van der Waals surface area contributed by atoms with Gasteiger partial charge in [0.05, 0.1) is 9.79 Å². The van der Waals surface area contributed by atoms with Crippen molar-refractivity contribution in [3.8, 4) is 0 Å². The smallest absolute Gasteiger partial charge is 0.744 e. The van der Waals surface area contributed by atoms with Crippen LogP contribution in [-0.4, -0.2) is 37.8 Å². The van der Waals surface area contributed by atoms with Crippen molar-refractivity contribution in [2.45, 2.75) is 23.6 Å². The van der Waals surface area contributed by atoms with E-state index in [1.165, 1.54) is 38.1 Å².